The third-order valence-electron chi connectivity index (χ3n) is 13.6. The second kappa shape index (κ2) is 15.6. The van der Waals surface area contributed by atoms with Crippen LogP contribution in [-0.2, 0) is 0 Å². The van der Waals surface area contributed by atoms with E-state index in [9.17, 15) is 0 Å². The predicted molar refractivity (Wildman–Crippen MR) is 283 cm³/mol. The van der Waals surface area contributed by atoms with Gasteiger partial charge in [-0.15, -0.1) is 0 Å². The van der Waals surface area contributed by atoms with Gasteiger partial charge < -0.3 is 8.98 Å². The molecule has 14 aromatic rings. The third-order valence-corrected chi connectivity index (χ3v) is 13.6. The minimum absolute atomic E-state index is 0.508. The lowest BCUT2D eigenvalue weighted by atomic mass is 9.98. The summed E-state index contributed by atoms with van der Waals surface area (Å²) in [6.07, 6.45) is 0. The van der Waals surface area contributed by atoms with Gasteiger partial charge in [-0.05, 0) is 46.5 Å². The van der Waals surface area contributed by atoms with Crippen molar-refractivity contribution in [2.75, 3.05) is 0 Å². The molecule has 0 saturated carbocycles. The molecule has 0 saturated heterocycles. The Kier molecular flexibility index (Phi) is 8.79. The summed E-state index contributed by atoms with van der Waals surface area (Å²) in [4.78, 5) is 16.2. The molecule has 0 aliphatic heterocycles. The molecule has 0 aliphatic rings. The number of fused-ring (bicyclic) bond motifs is 10. The van der Waals surface area contributed by atoms with Crippen LogP contribution in [0.2, 0.25) is 0 Å². The summed E-state index contributed by atoms with van der Waals surface area (Å²) in [5.41, 5.74) is 15.1. The first-order valence-electron chi connectivity index (χ1n) is 23.3. The maximum atomic E-state index is 6.97. The smallest absolute Gasteiger partial charge is 0.238 e. The van der Waals surface area contributed by atoms with Crippen LogP contribution in [0, 0.1) is 0 Å². The first-order valence-corrected chi connectivity index (χ1v) is 23.3. The molecule has 0 amide bonds. The fourth-order valence-corrected chi connectivity index (χ4v) is 10.5. The van der Waals surface area contributed by atoms with Crippen molar-refractivity contribution in [3.05, 3.63) is 237 Å². The second-order valence-corrected chi connectivity index (χ2v) is 17.5. The van der Waals surface area contributed by atoms with Crippen LogP contribution in [-0.4, -0.2) is 24.1 Å². The molecule has 322 valence electrons. The molecule has 0 spiro atoms. The van der Waals surface area contributed by atoms with E-state index < -0.39 is 0 Å². The van der Waals surface area contributed by atoms with E-state index in [2.05, 4.69) is 221 Å². The van der Waals surface area contributed by atoms with Crippen LogP contribution in [0.3, 0.4) is 0 Å². The van der Waals surface area contributed by atoms with Gasteiger partial charge in [0, 0.05) is 49.0 Å². The van der Waals surface area contributed by atoms with Crippen LogP contribution in [0.15, 0.2) is 241 Å². The van der Waals surface area contributed by atoms with Crippen LogP contribution in [0.1, 0.15) is 0 Å². The number of hydrogen-bond donors (Lipinski definition) is 0. The van der Waals surface area contributed by atoms with E-state index in [0.29, 0.717) is 17.6 Å². The highest BCUT2D eigenvalue weighted by Crippen LogP contribution is 2.45. The van der Waals surface area contributed by atoms with Crippen LogP contribution in [0.5, 0.6) is 0 Å². The molecule has 10 aromatic carbocycles. The van der Waals surface area contributed by atoms with Crippen LogP contribution in [0.25, 0.3) is 133 Å². The number of aromatic nitrogens is 5. The van der Waals surface area contributed by atoms with Crippen LogP contribution in [0.4, 0.5) is 0 Å². The first-order chi connectivity index (χ1) is 34.2. The lowest BCUT2D eigenvalue weighted by Crippen LogP contribution is -2.07. The van der Waals surface area contributed by atoms with E-state index in [1.54, 1.807) is 0 Å². The number of para-hydroxylation sites is 4. The summed E-state index contributed by atoms with van der Waals surface area (Å²) >= 11 is 0. The van der Waals surface area contributed by atoms with Crippen molar-refractivity contribution in [1.29, 1.82) is 0 Å². The zero-order valence-corrected chi connectivity index (χ0v) is 37.2. The summed E-state index contributed by atoms with van der Waals surface area (Å²) in [7, 11) is 0. The third kappa shape index (κ3) is 6.16. The monoisotopic (exact) mass is 881 g/mol. The van der Waals surface area contributed by atoms with Crippen molar-refractivity contribution in [1.82, 2.24) is 24.1 Å². The minimum atomic E-state index is 0.508. The highest BCUT2D eigenvalue weighted by molar-refractivity contribution is 6.24. The normalized spacial score (nSPS) is 11.8. The van der Waals surface area contributed by atoms with E-state index in [1.807, 2.05) is 24.3 Å². The number of rotatable bonds is 7. The molecule has 6 nitrogen and oxygen atoms in total. The van der Waals surface area contributed by atoms with Crippen molar-refractivity contribution in [3.63, 3.8) is 0 Å². The summed E-state index contributed by atoms with van der Waals surface area (Å²) in [6, 6.07) is 83.3. The molecular formula is C63H39N5O. The minimum Gasteiger partial charge on any atom is -0.455 e. The summed E-state index contributed by atoms with van der Waals surface area (Å²) in [6.45, 7) is 0. The Morgan fingerprint density at radius 2 is 0.768 bits per heavy atom. The van der Waals surface area contributed by atoms with Gasteiger partial charge in [0.25, 0.3) is 0 Å². The molecule has 0 unspecified atom stereocenters. The van der Waals surface area contributed by atoms with E-state index in [1.165, 1.54) is 0 Å². The number of benzene rings is 10. The molecule has 0 atom stereocenters. The molecule has 14 rings (SSSR count). The van der Waals surface area contributed by atoms with E-state index in [4.69, 9.17) is 19.4 Å². The standard InChI is InChI=1S/C63H39N5O/c1-5-19-40(20-6-1)44-35-36-45(41-21-7-2-8-22-41)56(39-44)67-54-33-15-13-27-47(54)49-37-38-50-48-28-14-16-34-55(48)68(58(50)57(49)67)63-65-61(43-25-11-4-12-26-43)64-62(66-63)53-32-18-31-52-51-30-17-29-46(59(51)69-60(52)53)42-23-9-3-10-24-42/h1-39H. The first kappa shape index (κ1) is 38.8. The van der Waals surface area contributed by atoms with Crippen LogP contribution < -0.4 is 0 Å². The van der Waals surface area contributed by atoms with Crippen LogP contribution >= 0.6 is 0 Å². The van der Waals surface area contributed by atoms with Gasteiger partial charge in [-0.1, -0.05) is 212 Å². The lowest BCUT2D eigenvalue weighted by Gasteiger charge is -2.17. The van der Waals surface area contributed by atoms with Crippen molar-refractivity contribution in [2.45, 2.75) is 0 Å². The van der Waals surface area contributed by atoms with Gasteiger partial charge in [0.2, 0.25) is 5.95 Å². The fourth-order valence-electron chi connectivity index (χ4n) is 10.5. The lowest BCUT2D eigenvalue weighted by molar-refractivity contribution is 0.670. The predicted octanol–water partition coefficient (Wildman–Crippen LogP) is 16.3. The van der Waals surface area contributed by atoms with Gasteiger partial charge in [-0.3, -0.25) is 4.57 Å². The fraction of sp³-hybridized carbons (Fsp3) is 0. The molecule has 69 heavy (non-hydrogen) atoms. The molecule has 4 aromatic heterocycles. The molecule has 0 bridgehead atoms. The van der Waals surface area contributed by atoms with E-state index in [0.717, 1.165) is 116 Å². The molecule has 6 heteroatoms. The maximum Gasteiger partial charge on any atom is 0.238 e. The van der Waals surface area contributed by atoms with Gasteiger partial charge >= 0.3 is 0 Å². The Balaban J connectivity index is 1.10. The second-order valence-electron chi connectivity index (χ2n) is 17.5. The number of hydrogen-bond acceptors (Lipinski definition) is 4. The number of furan rings is 1. The van der Waals surface area contributed by atoms with Gasteiger partial charge in [0.1, 0.15) is 11.2 Å². The Morgan fingerprint density at radius 3 is 1.41 bits per heavy atom. The van der Waals surface area contributed by atoms with Gasteiger partial charge in [-0.25, -0.2) is 4.98 Å². The number of nitrogens with zero attached hydrogens (tertiary/aromatic N) is 5. The Hall–Kier alpha value is -9.39. The maximum absolute atomic E-state index is 6.97. The SMILES string of the molecule is c1ccc(-c2ccc(-c3ccccc3)c(-n3c4ccccc4c4ccc5c6ccccc6n(-c6nc(-c7ccccc7)nc(-c7cccc8c7oc7c(-c9ccccc9)cccc78)n6)c5c43)c2)cc1. The highest BCUT2D eigenvalue weighted by Gasteiger charge is 2.26. The summed E-state index contributed by atoms with van der Waals surface area (Å²) < 4.78 is 11.7. The molecule has 4 heterocycles. The van der Waals surface area contributed by atoms with Crippen molar-refractivity contribution < 1.29 is 4.42 Å². The zero-order valence-electron chi connectivity index (χ0n) is 37.2. The average molecular weight is 882 g/mol. The highest BCUT2D eigenvalue weighted by atomic mass is 16.3. The van der Waals surface area contributed by atoms with Crippen molar-refractivity contribution in [2.24, 2.45) is 0 Å². The Labute approximate surface area is 396 Å². The quantitative estimate of drug-likeness (QED) is 0.160. The van der Waals surface area contributed by atoms with Gasteiger partial charge in [0.05, 0.1) is 33.3 Å². The summed E-state index contributed by atoms with van der Waals surface area (Å²) in [5.74, 6) is 1.59. The van der Waals surface area contributed by atoms with E-state index in [-0.39, 0.29) is 0 Å². The van der Waals surface area contributed by atoms with Gasteiger partial charge in [0.15, 0.2) is 11.6 Å². The largest absolute Gasteiger partial charge is 0.455 e. The summed E-state index contributed by atoms with van der Waals surface area (Å²) in [5, 5.41) is 6.52. The molecule has 0 N–H and O–H groups in total. The van der Waals surface area contributed by atoms with Crippen molar-refractivity contribution in [3.8, 4) is 67.8 Å². The van der Waals surface area contributed by atoms with Gasteiger partial charge in [-0.2, -0.15) is 9.97 Å². The molecule has 0 fully saturated rings. The average Bonchev–Trinajstić information content (AvgIpc) is 4.10. The molecular weight excluding hydrogens is 843 g/mol. The Morgan fingerprint density at radius 1 is 0.290 bits per heavy atom. The van der Waals surface area contributed by atoms with E-state index >= 15 is 0 Å². The zero-order chi connectivity index (χ0) is 45.4. The molecule has 0 radical (unpaired) electrons. The van der Waals surface area contributed by atoms with Crippen molar-refractivity contribution >= 4 is 65.6 Å². The Bertz CT molecular complexity index is 4290. The topological polar surface area (TPSA) is 61.7 Å². The molecule has 0 aliphatic carbocycles.